The van der Waals surface area contributed by atoms with Crippen LogP contribution < -0.4 is 9.64 Å². The van der Waals surface area contributed by atoms with E-state index >= 15 is 0 Å². The van der Waals surface area contributed by atoms with Gasteiger partial charge in [0.25, 0.3) is 0 Å². The Hall–Kier alpha value is -2.67. The fraction of sp³-hybridized carbons (Fsp3) is 0.400. The largest absolute Gasteiger partial charge is 0.471 e. The molecule has 0 saturated carbocycles. The van der Waals surface area contributed by atoms with E-state index in [1.54, 1.807) is 40.1 Å². The molecule has 4 rings (SSSR count). The van der Waals surface area contributed by atoms with Crippen molar-refractivity contribution in [1.82, 2.24) is 15.1 Å². The van der Waals surface area contributed by atoms with Gasteiger partial charge >= 0.3 is 0 Å². The number of rotatable bonds is 4. The van der Waals surface area contributed by atoms with Gasteiger partial charge in [-0.05, 0) is 37.3 Å². The summed E-state index contributed by atoms with van der Waals surface area (Å²) < 4.78 is 5.84. The van der Waals surface area contributed by atoms with Crippen LogP contribution in [-0.2, 0) is 9.59 Å². The quantitative estimate of drug-likeness (QED) is 0.788. The molecule has 1 aromatic carbocycles. The lowest BCUT2D eigenvalue weighted by Gasteiger charge is -2.21. The minimum atomic E-state index is -0.332. The van der Waals surface area contributed by atoms with Gasteiger partial charge < -0.3 is 14.5 Å². The van der Waals surface area contributed by atoms with Gasteiger partial charge in [-0.1, -0.05) is 11.6 Å². The fourth-order valence-corrected chi connectivity index (χ4v) is 3.77. The molecule has 1 aromatic heterocycles. The summed E-state index contributed by atoms with van der Waals surface area (Å²) in [6, 6.07) is 10.7. The Balaban J connectivity index is 1.35. The van der Waals surface area contributed by atoms with Crippen LogP contribution in [0.1, 0.15) is 18.5 Å². The van der Waals surface area contributed by atoms with Gasteiger partial charge in [-0.2, -0.15) is 5.10 Å². The number of halogens is 1. The van der Waals surface area contributed by atoms with E-state index in [1.807, 2.05) is 13.0 Å². The molecule has 146 valence electrons. The number of hydrogen-bond acceptors (Lipinski definition) is 5. The molecular formula is C20H21ClN4O3. The van der Waals surface area contributed by atoms with Crippen LogP contribution >= 0.6 is 11.6 Å². The molecule has 0 radical (unpaired) electrons. The number of anilines is 1. The zero-order chi connectivity index (χ0) is 19.7. The van der Waals surface area contributed by atoms with Crippen molar-refractivity contribution in [1.29, 1.82) is 0 Å². The van der Waals surface area contributed by atoms with Crippen LogP contribution in [0.25, 0.3) is 0 Å². The van der Waals surface area contributed by atoms with Crippen molar-refractivity contribution >= 4 is 29.1 Å². The molecule has 8 heteroatoms. The third-order valence-corrected chi connectivity index (χ3v) is 5.38. The van der Waals surface area contributed by atoms with Crippen LogP contribution in [0, 0.1) is 12.8 Å². The standard InChI is InChI=1S/C20H21ClN4O3/c1-13-2-7-18(23-22-13)28-17-8-9-24(12-17)20(27)14-10-19(26)25(11-14)16-5-3-15(21)4-6-16/h2-7,14,17H,8-12H2,1H3. The number of likely N-dealkylation sites (tertiary alicyclic amines) is 1. The number of carbonyl (C=O) groups excluding carboxylic acids is 2. The molecular weight excluding hydrogens is 380 g/mol. The predicted molar refractivity (Wildman–Crippen MR) is 104 cm³/mol. The second-order valence-electron chi connectivity index (χ2n) is 7.21. The Morgan fingerprint density at radius 2 is 1.93 bits per heavy atom. The molecule has 2 saturated heterocycles. The number of aromatic nitrogens is 2. The first-order chi connectivity index (χ1) is 13.5. The van der Waals surface area contributed by atoms with Crippen LogP contribution in [0.4, 0.5) is 5.69 Å². The lowest BCUT2D eigenvalue weighted by Crippen LogP contribution is -2.37. The van der Waals surface area contributed by atoms with Gasteiger partial charge in [-0.15, -0.1) is 5.10 Å². The summed E-state index contributed by atoms with van der Waals surface area (Å²) in [6.07, 6.45) is 0.862. The molecule has 2 atom stereocenters. The molecule has 3 heterocycles. The summed E-state index contributed by atoms with van der Waals surface area (Å²) in [4.78, 5) is 28.8. The first-order valence-corrected chi connectivity index (χ1v) is 9.69. The predicted octanol–water partition coefficient (Wildman–Crippen LogP) is 2.47. The van der Waals surface area contributed by atoms with Crippen molar-refractivity contribution in [2.45, 2.75) is 25.9 Å². The van der Waals surface area contributed by atoms with E-state index < -0.39 is 0 Å². The molecule has 0 spiro atoms. The third kappa shape index (κ3) is 3.94. The van der Waals surface area contributed by atoms with Crippen molar-refractivity contribution < 1.29 is 14.3 Å². The SMILES string of the molecule is Cc1ccc(OC2CCN(C(=O)C3CC(=O)N(c4ccc(Cl)cc4)C3)C2)nn1. The zero-order valence-electron chi connectivity index (χ0n) is 15.5. The number of benzene rings is 1. The van der Waals surface area contributed by atoms with Crippen molar-refractivity contribution in [2.75, 3.05) is 24.5 Å². The van der Waals surface area contributed by atoms with E-state index in [4.69, 9.17) is 16.3 Å². The Bertz CT molecular complexity index is 872. The monoisotopic (exact) mass is 400 g/mol. The van der Waals surface area contributed by atoms with Gasteiger partial charge in [0.2, 0.25) is 17.7 Å². The highest BCUT2D eigenvalue weighted by Gasteiger charge is 2.39. The fourth-order valence-electron chi connectivity index (χ4n) is 3.65. The highest BCUT2D eigenvalue weighted by Crippen LogP contribution is 2.28. The van der Waals surface area contributed by atoms with Crippen LogP contribution in [0.2, 0.25) is 5.02 Å². The second-order valence-corrected chi connectivity index (χ2v) is 7.64. The maximum absolute atomic E-state index is 12.9. The molecule has 2 aliphatic heterocycles. The summed E-state index contributed by atoms with van der Waals surface area (Å²) >= 11 is 5.91. The van der Waals surface area contributed by atoms with Crippen molar-refractivity contribution in [3.8, 4) is 5.88 Å². The van der Waals surface area contributed by atoms with Gasteiger partial charge in [0.15, 0.2) is 0 Å². The Labute approximate surface area is 168 Å². The summed E-state index contributed by atoms with van der Waals surface area (Å²) in [5, 5.41) is 8.61. The van der Waals surface area contributed by atoms with E-state index in [-0.39, 0.29) is 30.3 Å². The molecule has 2 amide bonds. The van der Waals surface area contributed by atoms with Crippen molar-refractivity contribution in [3.05, 3.63) is 47.1 Å². The lowest BCUT2D eigenvalue weighted by atomic mass is 10.1. The highest BCUT2D eigenvalue weighted by molar-refractivity contribution is 6.30. The Kier molecular flexibility index (Phi) is 5.17. The zero-order valence-corrected chi connectivity index (χ0v) is 16.3. The summed E-state index contributed by atoms with van der Waals surface area (Å²) in [6.45, 7) is 3.38. The Morgan fingerprint density at radius 3 is 2.64 bits per heavy atom. The first-order valence-electron chi connectivity index (χ1n) is 9.31. The highest BCUT2D eigenvalue weighted by atomic mass is 35.5. The second kappa shape index (κ2) is 7.75. The molecule has 0 N–H and O–H groups in total. The summed E-state index contributed by atoms with van der Waals surface area (Å²) in [5.74, 6) is 0.101. The molecule has 2 unspecified atom stereocenters. The van der Waals surface area contributed by atoms with Gasteiger partial charge in [-0.3, -0.25) is 9.59 Å². The summed E-state index contributed by atoms with van der Waals surface area (Å²) in [5.41, 5.74) is 1.59. The number of ether oxygens (including phenoxy) is 1. The van der Waals surface area contributed by atoms with Crippen LogP contribution in [0.15, 0.2) is 36.4 Å². The van der Waals surface area contributed by atoms with Crippen LogP contribution in [0.5, 0.6) is 5.88 Å². The number of hydrogen-bond donors (Lipinski definition) is 0. The average Bonchev–Trinajstić information content (AvgIpc) is 3.31. The lowest BCUT2D eigenvalue weighted by molar-refractivity contribution is -0.135. The summed E-state index contributed by atoms with van der Waals surface area (Å²) in [7, 11) is 0. The van der Waals surface area contributed by atoms with Gasteiger partial charge in [0, 0.05) is 42.7 Å². The normalized spacial score (nSPS) is 22.0. The number of amides is 2. The molecule has 28 heavy (non-hydrogen) atoms. The topological polar surface area (TPSA) is 75.6 Å². The first kappa shape index (κ1) is 18.7. The minimum absolute atomic E-state index is 0.00547. The smallest absolute Gasteiger partial charge is 0.233 e. The van der Waals surface area contributed by atoms with E-state index in [0.29, 0.717) is 30.5 Å². The van der Waals surface area contributed by atoms with Crippen molar-refractivity contribution in [2.24, 2.45) is 5.92 Å². The molecule has 7 nitrogen and oxygen atoms in total. The molecule has 0 bridgehead atoms. The maximum atomic E-state index is 12.9. The van der Waals surface area contributed by atoms with E-state index in [9.17, 15) is 9.59 Å². The Morgan fingerprint density at radius 1 is 1.14 bits per heavy atom. The molecule has 2 aromatic rings. The number of carbonyl (C=O) groups is 2. The molecule has 0 aliphatic carbocycles. The molecule has 2 aliphatic rings. The number of nitrogens with zero attached hydrogens (tertiary/aromatic N) is 4. The molecule has 2 fully saturated rings. The third-order valence-electron chi connectivity index (χ3n) is 5.13. The van der Waals surface area contributed by atoms with E-state index in [0.717, 1.165) is 17.8 Å². The van der Waals surface area contributed by atoms with E-state index in [1.165, 1.54) is 0 Å². The van der Waals surface area contributed by atoms with Crippen molar-refractivity contribution in [3.63, 3.8) is 0 Å². The minimum Gasteiger partial charge on any atom is -0.471 e. The maximum Gasteiger partial charge on any atom is 0.233 e. The number of aryl methyl sites for hydroxylation is 1. The van der Waals surface area contributed by atoms with Gasteiger partial charge in [0.05, 0.1) is 18.2 Å². The van der Waals surface area contributed by atoms with E-state index in [2.05, 4.69) is 10.2 Å². The van der Waals surface area contributed by atoms with Crippen LogP contribution in [-0.4, -0.2) is 52.6 Å². The van der Waals surface area contributed by atoms with Gasteiger partial charge in [-0.25, -0.2) is 0 Å². The van der Waals surface area contributed by atoms with Gasteiger partial charge in [0.1, 0.15) is 6.10 Å². The van der Waals surface area contributed by atoms with Crippen LogP contribution in [0.3, 0.4) is 0 Å². The average molecular weight is 401 g/mol.